The molecule has 0 spiro atoms. The highest BCUT2D eigenvalue weighted by molar-refractivity contribution is 5.97. The van der Waals surface area contributed by atoms with Crippen LogP contribution in [0.4, 0.5) is 0 Å². The Morgan fingerprint density at radius 1 is 1.11 bits per heavy atom. The Balaban J connectivity index is 2.62. The maximum Gasteiger partial charge on any atom is 0.165 e. The van der Waals surface area contributed by atoms with Crippen LogP contribution >= 0.6 is 0 Å². The van der Waals surface area contributed by atoms with E-state index in [2.05, 4.69) is 6.07 Å². The molecular formula is C16H25NO. The fourth-order valence-electron chi connectivity index (χ4n) is 2.28. The molecule has 0 aliphatic heterocycles. The van der Waals surface area contributed by atoms with Crippen LogP contribution in [0.3, 0.4) is 0 Å². The number of hydrogen-bond donors (Lipinski definition) is 1. The lowest BCUT2D eigenvalue weighted by molar-refractivity contribution is 0.0922. The summed E-state index contributed by atoms with van der Waals surface area (Å²) in [6, 6.07) is 6.29. The van der Waals surface area contributed by atoms with Crippen LogP contribution in [-0.2, 0) is 0 Å². The van der Waals surface area contributed by atoms with Crippen LogP contribution in [0.5, 0.6) is 0 Å². The van der Waals surface area contributed by atoms with Gasteiger partial charge in [0.25, 0.3) is 0 Å². The smallest absolute Gasteiger partial charge is 0.165 e. The molecule has 0 aliphatic rings. The van der Waals surface area contributed by atoms with E-state index in [4.69, 9.17) is 5.73 Å². The number of Topliss-reactive ketones (excluding diaryl/α,β-unsaturated/α-hetero) is 1. The third kappa shape index (κ3) is 4.61. The first-order valence-corrected chi connectivity index (χ1v) is 6.78. The average molecular weight is 247 g/mol. The number of ketones is 1. The first kappa shape index (κ1) is 14.9. The number of aryl methyl sites for hydroxylation is 2. The molecule has 18 heavy (non-hydrogen) atoms. The first-order valence-electron chi connectivity index (χ1n) is 6.78. The number of nitrogens with two attached hydrogens (primary N) is 1. The first-order chi connectivity index (χ1) is 8.40. The second kappa shape index (κ2) is 6.69. The summed E-state index contributed by atoms with van der Waals surface area (Å²) in [6.45, 7) is 8.09. The maximum absolute atomic E-state index is 12.3. The minimum atomic E-state index is 0.0879. The number of carbonyl (C=O) groups is 1. The topological polar surface area (TPSA) is 43.1 Å². The summed E-state index contributed by atoms with van der Waals surface area (Å²) in [5, 5.41) is 0. The lowest BCUT2D eigenvalue weighted by Gasteiger charge is -2.12. The van der Waals surface area contributed by atoms with Gasteiger partial charge in [-0.25, -0.2) is 0 Å². The van der Waals surface area contributed by atoms with Crippen LogP contribution in [0.25, 0.3) is 0 Å². The van der Waals surface area contributed by atoms with Crippen molar-refractivity contribution in [2.75, 3.05) is 0 Å². The van der Waals surface area contributed by atoms with Gasteiger partial charge in [-0.3, -0.25) is 4.79 Å². The lowest BCUT2D eigenvalue weighted by atomic mass is 9.92. The molecule has 0 amide bonds. The molecule has 100 valence electrons. The number of carbonyl (C=O) groups excluding carboxylic acids is 1. The molecule has 0 saturated carbocycles. The molecule has 1 rings (SSSR count). The molecule has 0 bridgehead atoms. The van der Waals surface area contributed by atoms with E-state index in [0.29, 0.717) is 0 Å². The third-order valence-electron chi connectivity index (χ3n) is 3.25. The molecule has 0 saturated heterocycles. The van der Waals surface area contributed by atoms with E-state index in [0.717, 1.165) is 36.0 Å². The van der Waals surface area contributed by atoms with Gasteiger partial charge in [-0.2, -0.15) is 0 Å². The monoisotopic (exact) mass is 247 g/mol. The van der Waals surface area contributed by atoms with Gasteiger partial charge in [-0.1, -0.05) is 30.5 Å². The molecule has 0 aliphatic carbocycles. The van der Waals surface area contributed by atoms with Gasteiger partial charge in [0.1, 0.15) is 0 Å². The molecule has 2 unspecified atom stereocenters. The summed E-state index contributed by atoms with van der Waals surface area (Å²) < 4.78 is 0. The largest absolute Gasteiger partial charge is 0.328 e. The van der Waals surface area contributed by atoms with Crippen molar-refractivity contribution in [1.29, 1.82) is 0 Å². The molecule has 0 fully saturated rings. The van der Waals surface area contributed by atoms with Crippen molar-refractivity contribution >= 4 is 5.78 Å². The highest BCUT2D eigenvalue weighted by Crippen LogP contribution is 2.17. The zero-order chi connectivity index (χ0) is 13.7. The van der Waals surface area contributed by atoms with Crippen molar-refractivity contribution in [2.45, 2.75) is 53.0 Å². The van der Waals surface area contributed by atoms with E-state index in [-0.39, 0.29) is 17.7 Å². The molecule has 2 nitrogen and oxygen atoms in total. The molecule has 2 atom stereocenters. The SMILES string of the molecule is Cc1cc(C)cc(C(=O)C(C)CCCC(C)N)c1. The van der Waals surface area contributed by atoms with Crippen molar-refractivity contribution < 1.29 is 4.79 Å². The van der Waals surface area contributed by atoms with Crippen molar-refractivity contribution in [3.05, 3.63) is 34.9 Å². The number of benzene rings is 1. The van der Waals surface area contributed by atoms with Gasteiger partial charge in [-0.05, 0) is 45.7 Å². The second-order valence-electron chi connectivity index (χ2n) is 5.55. The normalized spacial score (nSPS) is 14.3. The molecule has 0 aromatic heterocycles. The highest BCUT2D eigenvalue weighted by atomic mass is 16.1. The van der Waals surface area contributed by atoms with E-state index < -0.39 is 0 Å². The molecule has 0 heterocycles. The lowest BCUT2D eigenvalue weighted by Crippen LogP contribution is -2.16. The second-order valence-corrected chi connectivity index (χ2v) is 5.55. The van der Waals surface area contributed by atoms with Gasteiger partial charge >= 0.3 is 0 Å². The Bertz CT molecular complexity index is 389. The van der Waals surface area contributed by atoms with E-state index in [1.54, 1.807) is 0 Å². The van der Waals surface area contributed by atoms with E-state index in [9.17, 15) is 4.79 Å². The van der Waals surface area contributed by atoms with Gasteiger partial charge < -0.3 is 5.73 Å². The van der Waals surface area contributed by atoms with E-state index >= 15 is 0 Å². The average Bonchev–Trinajstić information content (AvgIpc) is 2.26. The zero-order valence-electron chi connectivity index (χ0n) is 12.0. The predicted octanol–water partition coefficient (Wildman–Crippen LogP) is 3.64. The van der Waals surface area contributed by atoms with Crippen LogP contribution < -0.4 is 5.73 Å². The van der Waals surface area contributed by atoms with Gasteiger partial charge in [0.2, 0.25) is 0 Å². The van der Waals surface area contributed by atoms with Crippen LogP contribution in [0.15, 0.2) is 18.2 Å². The summed E-state index contributed by atoms with van der Waals surface area (Å²) >= 11 is 0. The van der Waals surface area contributed by atoms with Gasteiger partial charge in [0, 0.05) is 17.5 Å². The van der Waals surface area contributed by atoms with Crippen molar-refractivity contribution in [2.24, 2.45) is 11.7 Å². The summed E-state index contributed by atoms with van der Waals surface area (Å²) in [7, 11) is 0. The van der Waals surface area contributed by atoms with Crippen LogP contribution in [0, 0.1) is 19.8 Å². The molecule has 2 N–H and O–H groups in total. The van der Waals surface area contributed by atoms with Gasteiger partial charge in [-0.15, -0.1) is 0 Å². The van der Waals surface area contributed by atoms with Crippen LogP contribution in [0.2, 0.25) is 0 Å². The maximum atomic E-state index is 12.3. The Labute approximate surface area is 111 Å². The van der Waals surface area contributed by atoms with Crippen molar-refractivity contribution in [1.82, 2.24) is 0 Å². The fourth-order valence-corrected chi connectivity index (χ4v) is 2.28. The minimum absolute atomic E-state index is 0.0879. The molecule has 1 aromatic rings. The van der Waals surface area contributed by atoms with Crippen molar-refractivity contribution in [3.8, 4) is 0 Å². The molecule has 1 aromatic carbocycles. The quantitative estimate of drug-likeness (QED) is 0.780. The summed E-state index contributed by atoms with van der Waals surface area (Å²) in [6.07, 6.45) is 2.94. The highest BCUT2D eigenvalue weighted by Gasteiger charge is 2.15. The van der Waals surface area contributed by atoms with E-state index in [1.165, 1.54) is 0 Å². The predicted molar refractivity (Wildman–Crippen MR) is 76.9 cm³/mol. The van der Waals surface area contributed by atoms with Crippen LogP contribution in [-0.4, -0.2) is 11.8 Å². The Morgan fingerprint density at radius 3 is 2.17 bits per heavy atom. The van der Waals surface area contributed by atoms with Crippen LogP contribution in [0.1, 0.15) is 54.6 Å². The number of rotatable bonds is 6. The fraction of sp³-hybridized carbons (Fsp3) is 0.562. The Kier molecular flexibility index (Phi) is 5.54. The Morgan fingerprint density at radius 2 is 1.67 bits per heavy atom. The third-order valence-corrected chi connectivity index (χ3v) is 3.25. The van der Waals surface area contributed by atoms with Gasteiger partial charge in [0.05, 0.1) is 0 Å². The minimum Gasteiger partial charge on any atom is -0.328 e. The zero-order valence-corrected chi connectivity index (χ0v) is 12.0. The standard InChI is InChI=1S/C16H25NO/c1-11-8-12(2)10-15(9-11)16(18)13(3)6-5-7-14(4)17/h8-10,13-14H,5-7,17H2,1-4H3. The summed E-state index contributed by atoms with van der Waals surface area (Å²) in [4.78, 5) is 12.3. The molecular weight excluding hydrogens is 222 g/mol. The Hall–Kier alpha value is -1.15. The van der Waals surface area contributed by atoms with Crippen molar-refractivity contribution in [3.63, 3.8) is 0 Å². The number of hydrogen-bond acceptors (Lipinski definition) is 2. The summed E-state index contributed by atoms with van der Waals surface area (Å²) in [5.41, 5.74) is 8.88. The molecule has 0 radical (unpaired) electrons. The summed E-state index contributed by atoms with van der Waals surface area (Å²) in [5.74, 6) is 0.344. The van der Waals surface area contributed by atoms with E-state index in [1.807, 2.05) is 39.8 Å². The van der Waals surface area contributed by atoms with Gasteiger partial charge in [0.15, 0.2) is 5.78 Å². The molecule has 2 heteroatoms.